The van der Waals surface area contributed by atoms with E-state index in [9.17, 15) is 17.6 Å². The lowest BCUT2D eigenvalue weighted by Crippen LogP contribution is -2.49. The van der Waals surface area contributed by atoms with Crippen LogP contribution < -0.4 is 4.90 Å². The molecule has 0 aromatic heterocycles. The highest BCUT2D eigenvalue weighted by Crippen LogP contribution is 2.30. The average Bonchev–Trinajstić information content (AvgIpc) is 2.86. The molecule has 34 heavy (non-hydrogen) atoms. The number of carbonyl (C=O) groups is 1. The van der Waals surface area contributed by atoms with E-state index >= 15 is 0 Å². The summed E-state index contributed by atoms with van der Waals surface area (Å²) >= 11 is 6.29. The number of piperidine rings is 1. The second kappa shape index (κ2) is 10.3. The molecule has 0 unspecified atom stereocenters. The third-order valence-electron chi connectivity index (χ3n) is 6.19. The van der Waals surface area contributed by atoms with Crippen molar-refractivity contribution in [3.63, 3.8) is 0 Å². The van der Waals surface area contributed by atoms with Gasteiger partial charge in [-0.05, 0) is 73.4 Å². The quantitative estimate of drug-likeness (QED) is 0.446. The molecule has 4 rings (SSSR count). The average molecular weight is 501 g/mol. The number of halogens is 2. The summed E-state index contributed by atoms with van der Waals surface area (Å²) in [7, 11) is -3.63. The van der Waals surface area contributed by atoms with E-state index in [4.69, 9.17) is 11.6 Å². The summed E-state index contributed by atoms with van der Waals surface area (Å²) in [5.74, 6) is -0.697. The topological polar surface area (TPSA) is 57.7 Å². The summed E-state index contributed by atoms with van der Waals surface area (Å²) in [6.45, 7) is 2.57. The molecule has 8 heteroatoms. The summed E-state index contributed by atoms with van der Waals surface area (Å²) in [5.41, 5.74) is 1.97. The largest absolute Gasteiger partial charge is 0.305 e. The van der Waals surface area contributed by atoms with Crippen LogP contribution in [0.1, 0.15) is 35.7 Å². The molecular weight excluding hydrogens is 475 g/mol. The van der Waals surface area contributed by atoms with Gasteiger partial charge in [0.25, 0.3) is 5.91 Å². The van der Waals surface area contributed by atoms with E-state index in [0.29, 0.717) is 29.1 Å². The standard InChI is InChI=1S/C26H26ClFN2O3S/c1-2-19-7-13-23(14-8-19)34(32,33)29-17-15-22(16-18-29)30(21-11-9-20(28)10-12-21)26(31)24-5-3-4-6-25(24)27/h3-14,22H,2,15-18H2,1H3. The molecule has 0 N–H and O–H groups in total. The maximum absolute atomic E-state index is 13.6. The summed E-state index contributed by atoms with van der Waals surface area (Å²) in [6.07, 6.45) is 1.73. The van der Waals surface area contributed by atoms with Gasteiger partial charge in [0.2, 0.25) is 10.0 Å². The molecule has 5 nitrogen and oxygen atoms in total. The van der Waals surface area contributed by atoms with Crippen LogP contribution in [0.25, 0.3) is 0 Å². The first-order valence-electron chi connectivity index (χ1n) is 11.2. The summed E-state index contributed by atoms with van der Waals surface area (Å²) in [6, 6.07) is 19.2. The van der Waals surface area contributed by atoms with E-state index in [1.807, 2.05) is 19.1 Å². The number of nitrogens with zero attached hydrogens (tertiary/aromatic N) is 2. The molecule has 0 spiro atoms. The first-order chi connectivity index (χ1) is 16.3. The molecule has 3 aromatic carbocycles. The van der Waals surface area contributed by atoms with Crippen molar-refractivity contribution < 1.29 is 17.6 Å². The zero-order valence-electron chi connectivity index (χ0n) is 18.8. The van der Waals surface area contributed by atoms with Gasteiger partial charge in [0, 0.05) is 24.8 Å². The molecule has 1 heterocycles. The molecular formula is C26H26ClFN2O3S. The molecule has 3 aromatic rings. The van der Waals surface area contributed by atoms with Crippen molar-refractivity contribution in [1.29, 1.82) is 0 Å². The van der Waals surface area contributed by atoms with Crippen molar-refractivity contribution in [2.45, 2.75) is 37.1 Å². The Labute approximate surface area is 204 Å². The first kappa shape index (κ1) is 24.4. The number of hydrogen-bond donors (Lipinski definition) is 0. The number of sulfonamides is 1. The van der Waals surface area contributed by atoms with Crippen molar-refractivity contribution in [3.05, 3.63) is 94.8 Å². The van der Waals surface area contributed by atoms with Crippen molar-refractivity contribution in [2.24, 2.45) is 0 Å². The van der Waals surface area contributed by atoms with Gasteiger partial charge in [0.1, 0.15) is 5.82 Å². The van der Waals surface area contributed by atoms with E-state index in [2.05, 4.69) is 0 Å². The van der Waals surface area contributed by atoms with Gasteiger partial charge >= 0.3 is 0 Å². The zero-order chi connectivity index (χ0) is 24.3. The van der Waals surface area contributed by atoms with E-state index in [1.54, 1.807) is 53.4 Å². The summed E-state index contributed by atoms with van der Waals surface area (Å²) in [4.78, 5) is 15.4. The van der Waals surface area contributed by atoms with Crippen molar-refractivity contribution in [1.82, 2.24) is 4.31 Å². The molecule has 0 radical (unpaired) electrons. The second-order valence-electron chi connectivity index (χ2n) is 8.26. The third kappa shape index (κ3) is 5.02. The predicted molar refractivity (Wildman–Crippen MR) is 132 cm³/mol. The molecule has 1 aliphatic heterocycles. The summed E-state index contributed by atoms with van der Waals surface area (Å²) < 4.78 is 41.4. The Hall–Kier alpha value is -2.74. The Bertz CT molecular complexity index is 1260. The first-order valence-corrected chi connectivity index (χ1v) is 13.1. The second-order valence-corrected chi connectivity index (χ2v) is 10.6. The predicted octanol–water partition coefficient (Wildman–Crippen LogP) is 5.54. The van der Waals surface area contributed by atoms with Crippen LogP contribution in [0.15, 0.2) is 77.7 Å². The van der Waals surface area contributed by atoms with Crippen molar-refractivity contribution >= 4 is 33.2 Å². The van der Waals surface area contributed by atoms with E-state index in [1.165, 1.54) is 16.4 Å². The molecule has 1 saturated heterocycles. The molecule has 0 saturated carbocycles. The number of amides is 1. The van der Waals surface area contributed by atoms with Crippen molar-refractivity contribution in [3.8, 4) is 0 Å². The molecule has 0 bridgehead atoms. The van der Waals surface area contributed by atoms with Gasteiger partial charge in [-0.3, -0.25) is 4.79 Å². The van der Waals surface area contributed by atoms with Crippen LogP contribution in [-0.4, -0.2) is 37.8 Å². The lowest BCUT2D eigenvalue weighted by atomic mass is 10.0. The lowest BCUT2D eigenvalue weighted by Gasteiger charge is -2.38. The minimum Gasteiger partial charge on any atom is -0.305 e. The molecule has 0 aliphatic carbocycles. The van der Waals surface area contributed by atoms with Crippen LogP contribution in [0.2, 0.25) is 5.02 Å². The van der Waals surface area contributed by atoms with E-state index < -0.39 is 15.8 Å². The Morgan fingerprint density at radius 2 is 1.62 bits per heavy atom. The zero-order valence-corrected chi connectivity index (χ0v) is 20.4. The third-order valence-corrected chi connectivity index (χ3v) is 8.43. The Kier molecular flexibility index (Phi) is 7.36. The highest BCUT2D eigenvalue weighted by Gasteiger charge is 2.34. The van der Waals surface area contributed by atoms with Gasteiger partial charge < -0.3 is 4.90 Å². The molecule has 1 amide bonds. The lowest BCUT2D eigenvalue weighted by molar-refractivity contribution is 0.0968. The number of anilines is 1. The van der Waals surface area contributed by atoms with Crippen LogP contribution >= 0.6 is 11.6 Å². The van der Waals surface area contributed by atoms with Crippen molar-refractivity contribution in [2.75, 3.05) is 18.0 Å². The highest BCUT2D eigenvalue weighted by molar-refractivity contribution is 7.89. The molecule has 1 aliphatic rings. The van der Waals surface area contributed by atoms with Crippen LogP contribution in [-0.2, 0) is 16.4 Å². The van der Waals surface area contributed by atoms with Gasteiger partial charge in [0.15, 0.2) is 0 Å². The number of benzene rings is 3. The maximum Gasteiger partial charge on any atom is 0.260 e. The number of carbonyl (C=O) groups excluding carboxylic acids is 1. The smallest absolute Gasteiger partial charge is 0.260 e. The van der Waals surface area contributed by atoms with Crippen LogP contribution in [0.3, 0.4) is 0 Å². The van der Waals surface area contributed by atoms with Gasteiger partial charge in [-0.25, -0.2) is 12.8 Å². The molecule has 1 fully saturated rings. The fraction of sp³-hybridized carbons (Fsp3) is 0.269. The normalized spacial score (nSPS) is 15.3. The fourth-order valence-electron chi connectivity index (χ4n) is 4.25. The van der Waals surface area contributed by atoms with E-state index in [-0.39, 0.29) is 29.9 Å². The molecule has 0 atom stereocenters. The molecule has 178 valence electrons. The van der Waals surface area contributed by atoms with Gasteiger partial charge in [-0.15, -0.1) is 0 Å². The van der Waals surface area contributed by atoms with Crippen LogP contribution in [0, 0.1) is 5.82 Å². The Morgan fingerprint density at radius 1 is 1.00 bits per heavy atom. The minimum atomic E-state index is -3.63. The minimum absolute atomic E-state index is 0.261. The van der Waals surface area contributed by atoms with E-state index in [0.717, 1.165) is 12.0 Å². The SMILES string of the molecule is CCc1ccc(S(=O)(=O)N2CCC(N(C(=O)c3ccccc3Cl)c3ccc(F)cc3)CC2)cc1. The fourth-order valence-corrected chi connectivity index (χ4v) is 5.93. The maximum atomic E-state index is 13.6. The van der Waals surface area contributed by atoms with Gasteiger partial charge in [-0.1, -0.05) is 42.8 Å². The van der Waals surface area contributed by atoms with Gasteiger partial charge in [0.05, 0.1) is 15.5 Å². The monoisotopic (exact) mass is 500 g/mol. The Morgan fingerprint density at radius 3 is 2.21 bits per heavy atom. The number of hydrogen-bond acceptors (Lipinski definition) is 3. The number of rotatable bonds is 6. The Balaban J connectivity index is 1.57. The number of aryl methyl sites for hydroxylation is 1. The van der Waals surface area contributed by atoms with Crippen LogP contribution in [0.4, 0.5) is 10.1 Å². The van der Waals surface area contributed by atoms with Gasteiger partial charge in [-0.2, -0.15) is 4.31 Å². The van der Waals surface area contributed by atoms with Crippen LogP contribution in [0.5, 0.6) is 0 Å². The highest BCUT2D eigenvalue weighted by atomic mass is 35.5. The summed E-state index contributed by atoms with van der Waals surface area (Å²) in [5, 5.41) is 0.329.